The van der Waals surface area contributed by atoms with Crippen LogP contribution in [0.1, 0.15) is 32.6 Å². The topological polar surface area (TPSA) is 0 Å². The van der Waals surface area contributed by atoms with Gasteiger partial charge in [0.25, 0.3) is 0 Å². The van der Waals surface area contributed by atoms with E-state index in [0.717, 1.165) is 19.3 Å². The Morgan fingerprint density at radius 1 is 1.00 bits per heavy atom. The van der Waals surface area contributed by atoms with Crippen molar-refractivity contribution in [3.63, 3.8) is 0 Å². The van der Waals surface area contributed by atoms with Crippen LogP contribution in [0.2, 0.25) is 0 Å². The van der Waals surface area contributed by atoms with E-state index in [1.165, 1.54) is 6.42 Å². The maximum atomic E-state index is 3.60. The standard InChI is InChI=1S/2C5H5.C4H9.2ClH.Li.Ti/c2*1-2-4-5-3-1;1-3-4-2;;;;/h2*1-3H,4H2;1,3-4H2,2H3;2*1H;;/q3*-1;;;+1;+4/p-2. The molecule has 0 aliphatic heterocycles. The average Bonchev–Trinajstić information content (AvgIpc) is 2.94. The van der Waals surface area contributed by atoms with Crippen LogP contribution in [-0.2, 0) is 21.7 Å². The first-order chi connectivity index (χ1) is 6.91. The number of rotatable bonds is 1. The average molecular weight is 313 g/mol. The van der Waals surface area contributed by atoms with Crippen LogP contribution in [0.4, 0.5) is 0 Å². The van der Waals surface area contributed by atoms with Crippen molar-refractivity contribution in [1.82, 2.24) is 0 Å². The SMILES string of the molecule is [C-]1=CC=CC1.[C-]1=CC=CC1.[CH2-]CCC.[Cl-].[Cl-].[Li+].[Ti+4]. The number of hydrogen-bond donors (Lipinski definition) is 0. The van der Waals surface area contributed by atoms with Gasteiger partial charge in [0.1, 0.15) is 0 Å². The molecule has 0 atom stereocenters. The van der Waals surface area contributed by atoms with Crippen molar-refractivity contribution in [3.05, 3.63) is 55.5 Å². The fourth-order valence-electron chi connectivity index (χ4n) is 0.680. The molecule has 0 aromatic rings. The Balaban J connectivity index is -0.0000000426. The van der Waals surface area contributed by atoms with E-state index in [1.54, 1.807) is 0 Å². The van der Waals surface area contributed by atoms with Gasteiger partial charge in [0.05, 0.1) is 0 Å². The van der Waals surface area contributed by atoms with E-state index in [2.05, 4.69) is 38.2 Å². The van der Waals surface area contributed by atoms with Gasteiger partial charge in [-0.3, -0.25) is 12.2 Å². The van der Waals surface area contributed by atoms with Gasteiger partial charge in [-0.1, -0.05) is 13.3 Å². The maximum Gasteiger partial charge on any atom is 4.00 e. The van der Waals surface area contributed by atoms with Crippen LogP contribution in [0.3, 0.4) is 0 Å². The zero-order valence-corrected chi connectivity index (χ0v) is 14.3. The molecule has 18 heavy (non-hydrogen) atoms. The van der Waals surface area contributed by atoms with E-state index >= 15 is 0 Å². The monoisotopic (exact) mass is 312 g/mol. The van der Waals surface area contributed by atoms with Crippen LogP contribution in [0.15, 0.2) is 36.5 Å². The minimum atomic E-state index is 0. The number of unbranched alkanes of at least 4 members (excludes halogenated alkanes) is 1. The molecule has 0 saturated heterocycles. The summed E-state index contributed by atoms with van der Waals surface area (Å²) in [4.78, 5) is 0. The summed E-state index contributed by atoms with van der Waals surface area (Å²) in [5.41, 5.74) is 0. The van der Waals surface area contributed by atoms with Gasteiger partial charge in [-0.25, -0.2) is 24.3 Å². The molecule has 4 heteroatoms. The van der Waals surface area contributed by atoms with E-state index in [1.807, 2.05) is 24.3 Å². The quantitative estimate of drug-likeness (QED) is 0.337. The van der Waals surface area contributed by atoms with Gasteiger partial charge in [-0.2, -0.15) is 18.6 Å². The van der Waals surface area contributed by atoms with E-state index < -0.39 is 0 Å². The van der Waals surface area contributed by atoms with Crippen LogP contribution in [0, 0.1) is 19.1 Å². The van der Waals surface area contributed by atoms with Gasteiger partial charge in [0, 0.05) is 0 Å². The number of allylic oxidation sites excluding steroid dienone is 8. The van der Waals surface area contributed by atoms with Crippen molar-refractivity contribution in [2.45, 2.75) is 32.6 Å². The zero-order chi connectivity index (χ0) is 10.5. The van der Waals surface area contributed by atoms with E-state index in [4.69, 9.17) is 0 Å². The van der Waals surface area contributed by atoms with Crippen LogP contribution in [0.25, 0.3) is 0 Å². The van der Waals surface area contributed by atoms with Crippen molar-refractivity contribution in [2.75, 3.05) is 0 Å². The van der Waals surface area contributed by atoms with Crippen LogP contribution in [-0.4, -0.2) is 0 Å². The van der Waals surface area contributed by atoms with Gasteiger partial charge in [0.2, 0.25) is 0 Å². The first-order valence-corrected chi connectivity index (χ1v) is 5.14. The third kappa shape index (κ3) is 30.1. The third-order valence-corrected chi connectivity index (χ3v) is 1.53. The molecule has 94 valence electrons. The van der Waals surface area contributed by atoms with Gasteiger partial charge in [0.15, 0.2) is 0 Å². The minimum absolute atomic E-state index is 0. The molecule has 0 spiro atoms. The smallest absolute Gasteiger partial charge is 1.00 e. The molecule has 0 bridgehead atoms. The van der Waals surface area contributed by atoms with Crippen molar-refractivity contribution in [1.29, 1.82) is 0 Å². The summed E-state index contributed by atoms with van der Waals surface area (Å²) in [5, 5.41) is 0. The summed E-state index contributed by atoms with van der Waals surface area (Å²) in [5.74, 6) is 0. The third-order valence-electron chi connectivity index (χ3n) is 1.53. The second kappa shape index (κ2) is 30.7. The molecular weight excluding hydrogens is 294 g/mol. The van der Waals surface area contributed by atoms with E-state index in [9.17, 15) is 0 Å². The molecule has 0 radical (unpaired) electrons. The minimum Gasteiger partial charge on any atom is -1.00 e. The molecule has 0 aromatic heterocycles. The molecule has 2 aliphatic carbocycles. The largest absolute Gasteiger partial charge is 4.00 e. The normalized spacial score (nSPS) is 11.4. The summed E-state index contributed by atoms with van der Waals surface area (Å²) in [6.45, 7) is 5.72. The fraction of sp³-hybridized carbons (Fsp3) is 0.357. The maximum absolute atomic E-state index is 3.60. The predicted molar refractivity (Wildman–Crippen MR) is 63.4 cm³/mol. The Bertz CT molecular complexity index is 180. The predicted octanol–water partition coefficient (Wildman–Crippen LogP) is -4.76. The molecule has 0 fully saturated rings. The van der Waals surface area contributed by atoms with Gasteiger partial charge in [-0.15, -0.1) is 12.8 Å². The van der Waals surface area contributed by atoms with Gasteiger partial charge >= 0.3 is 40.6 Å². The van der Waals surface area contributed by atoms with E-state index in [-0.39, 0.29) is 65.4 Å². The second-order valence-corrected chi connectivity index (χ2v) is 2.86. The van der Waals surface area contributed by atoms with Crippen LogP contribution in [0.5, 0.6) is 0 Å². The molecule has 0 amide bonds. The molecular formula is C14H19Cl2LiTi. The Labute approximate surface area is 152 Å². The van der Waals surface area contributed by atoms with Crippen molar-refractivity contribution in [2.24, 2.45) is 0 Å². The molecule has 2 rings (SSSR count). The molecule has 0 N–H and O–H groups in total. The van der Waals surface area contributed by atoms with Gasteiger partial charge < -0.3 is 31.7 Å². The molecule has 0 aromatic carbocycles. The molecule has 0 heterocycles. The summed E-state index contributed by atoms with van der Waals surface area (Å²) in [6, 6.07) is 0. The Hall–Kier alpha value is 0.852. The number of halogens is 2. The number of hydrogen-bond acceptors (Lipinski definition) is 0. The molecule has 0 unspecified atom stereocenters. The Morgan fingerprint density at radius 2 is 1.33 bits per heavy atom. The fourth-order valence-corrected chi connectivity index (χ4v) is 0.680. The van der Waals surface area contributed by atoms with Crippen molar-refractivity contribution in [3.8, 4) is 0 Å². The summed E-state index contributed by atoms with van der Waals surface area (Å²) in [7, 11) is 0. The molecule has 0 saturated carbocycles. The first kappa shape index (κ1) is 31.3. The summed E-state index contributed by atoms with van der Waals surface area (Å²) in [6.07, 6.45) is 22.3. The van der Waals surface area contributed by atoms with E-state index in [0.29, 0.717) is 0 Å². The molecule has 0 nitrogen and oxygen atoms in total. The summed E-state index contributed by atoms with van der Waals surface area (Å²) >= 11 is 0. The van der Waals surface area contributed by atoms with Crippen LogP contribution < -0.4 is 43.7 Å². The van der Waals surface area contributed by atoms with Crippen molar-refractivity contribution >= 4 is 0 Å². The summed E-state index contributed by atoms with van der Waals surface area (Å²) < 4.78 is 0. The molecule has 2 aliphatic rings. The Kier molecular flexibility index (Phi) is 53.4. The van der Waals surface area contributed by atoms with Crippen LogP contribution >= 0.6 is 0 Å². The van der Waals surface area contributed by atoms with Crippen molar-refractivity contribution < 1.29 is 65.4 Å². The second-order valence-electron chi connectivity index (χ2n) is 2.86. The van der Waals surface area contributed by atoms with Gasteiger partial charge in [-0.05, 0) is 0 Å². The zero-order valence-electron chi connectivity index (χ0n) is 11.3. The first-order valence-electron chi connectivity index (χ1n) is 5.14. The Morgan fingerprint density at radius 3 is 1.39 bits per heavy atom.